The number of nitrogens with one attached hydrogen (secondary N) is 1. The van der Waals surface area contributed by atoms with Crippen LogP contribution in [0.5, 0.6) is 5.75 Å². The number of phenolic OH excluding ortho intramolecular Hbond substituents is 1. The predicted octanol–water partition coefficient (Wildman–Crippen LogP) is 1.43. The lowest BCUT2D eigenvalue weighted by Crippen LogP contribution is -2.19. The maximum absolute atomic E-state index is 11.5. The van der Waals surface area contributed by atoms with Crippen LogP contribution in [-0.4, -0.2) is 33.0 Å². The maximum atomic E-state index is 11.5. The van der Waals surface area contributed by atoms with Gasteiger partial charge in [-0.1, -0.05) is 11.6 Å². The third-order valence-corrected chi connectivity index (χ3v) is 3.25. The van der Waals surface area contributed by atoms with E-state index in [4.69, 9.17) is 11.6 Å². The Morgan fingerprint density at radius 2 is 2.19 bits per heavy atom. The normalized spacial score (nSPS) is 11.4. The lowest BCUT2D eigenvalue weighted by atomic mass is 10.3. The fourth-order valence-electron chi connectivity index (χ4n) is 1.00. The summed E-state index contributed by atoms with van der Waals surface area (Å²) in [4.78, 5) is 0. The van der Waals surface area contributed by atoms with E-state index in [1.807, 2.05) is 0 Å². The molecule has 0 fully saturated rings. The van der Waals surface area contributed by atoms with Crippen LogP contribution in [0, 0.1) is 0 Å². The molecule has 0 saturated heterocycles. The van der Waals surface area contributed by atoms with Gasteiger partial charge in [-0.05, 0) is 12.1 Å². The maximum Gasteiger partial charge on any atom is 0.235 e. The van der Waals surface area contributed by atoms with Crippen LogP contribution in [-0.2, 0) is 14.8 Å². The number of halogens is 1. The highest BCUT2D eigenvalue weighted by molar-refractivity contribution is 7.92. The molecule has 0 aliphatic carbocycles. The zero-order valence-electron chi connectivity index (χ0n) is 8.60. The SMILES string of the molecule is COCCS(=O)(=O)Nc1ccc(Cl)cc1O. The Morgan fingerprint density at radius 3 is 2.75 bits per heavy atom. The second-order valence-corrected chi connectivity index (χ2v) is 5.35. The van der Waals surface area contributed by atoms with Crippen LogP contribution >= 0.6 is 11.6 Å². The van der Waals surface area contributed by atoms with Crippen LogP contribution in [0.4, 0.5) is 5.69 Å². The molecule has 0 amide bonds. The number of ether oxygens (including phenoxy) is 1. The first kappa shape index (κ1) is 13.1. The number of phenols is 1. The van der Waals surface area contributed by atoms with Gasteiger partial charge < -0.3 is 9.84 Å². The number of aromatic hydroxyl groups is 1. The van der Waals surface area contributed by atoms with Crippen molar-refractivity contribution in [1.29, 1.82) is 0 Å². The zero-order valence-corrected chi connectivity index (χ0v) is 10.2. The van der Waals surface area contributed by atoms with E-state index in [0.717, 1.165) is 0 Å². The summed E-state index contributed by atoms with van der Waals surface area (Å²) in [7, 11) is -2.10. The highest BCUT2D eigenvalue weighted by Crippen LogP contribution is 2.27. The molecule has 0 bridgehead atoms. The van der Waals surface area contributed by atoms with Crippen molar-refractivity contribution >= 4 is 27.3 Å². The highest BCUT2D eigenvalue weighted by Gasteiger charge is 2.12. The first-order chi connectivity index (χ1) is 7.44. The van der Waals surface area contributed by atoms with Crippen molar-refractivity contribution in [3.05, 3.63) is 23.2 Å². The van der Waals surface area contributed by atoms with E-state index in [1.165, 1.54) is 25.3 Å². The number of anilines is 1. The van der Waals surface area contributed by atoms with Crippen LogP contribution < -0.4 is 4.72 Å². The summed E-state index contributed by atoms with van der Waals surface area (Å²) in [5.41, 5.74) is 0.0977. The summed E-state index contributed by atoms with van der Waals surface area (Å²) >= 11 is 5.61. The van der Waals surface area contributed by atoms with Crippen LogP contribution in [0.25, 0.3) is 0 Å². The van der Waals surface area contributed by atoms with Crippen molar-refractivity contribution in [2.75, 3.05) is 24.2 Å². The van der Waals surface area contributed by atoms with Crippen LogP contribution in [0.2, 0.25) is 5.02 Å². The Kier molecular flexibility index (Phi) is 4.40. The molecule has 1 aromatic rings. The van der Waals surface area contributed by atoms with Gasteiger partial charge in [0.2, 0.25) is 10.0 Å². The van der Waals surface area contributed by atoms with E-state index in [0.29, 0.717) is 5.02 Å². The number of methoxy groups -OCH3 is 1. The van der Waals surface area contributed by atoms with Gasteiger partial charge in [0.15, 0.2) is 0 Å². The molecule has 0 atom stereocenters. The van der Waals surface area contributed by atoms with Crippen molar-refractivity contribution in [2.24, 2.45) is 0 Å². The Hall–Kier alpha value is -0.980. The molecule has 0 aromatic heterocycles. The summed E-state index contributed by atoms with van der Waals surface area (Å²) in [6.45, 7) is 0.0870. The summed E-state index contributed by atoms with van der Waals surface area (Å²) in [6, 6.07) is 4.13. The molecule has 16 heavy (non-hydrogen) atoms. The van der Waals surface area contributed by atoms with Gasteiger partial charge in [0.1, 0.15) is 5.75 Å². The Morgan fingerprint density at radius 1 is 1.50 bits per heavy atom. The van der Waals surface area contributed by atoms with Crippen molar-refractivity contribution in [3.63, 3.8) is 0 Å². The monoisotopic (exact) mass is 265 g/mol. The topological polar surface area (TPSA) is 75.6 Å². The van der Waals surface area contributed by atoms with Gasteiger partial charge in [0.05, 0.1) is 18.0 Å². The molecule has 5 nitrogen and oxygen atoms in total. The minimum absolute atomic E-state index is 0.0870. The molecule has 1 rings (SSSR count). The van der Waals surface area contributed by atoms with Crippen molar-refractivity contribution in [2.45, 2.75) is 0 Å². The molecule has 1 aromatic carbocycles. The molecule has 90 valence electrons. The smallest absolute Gasteiger partial charge is 0.235 e. The fraction of sp³-hybridized carbons (Fsp3) is 0.333. The second-order valence-electron chi connectivity index (χ2n) is 3.08. The molecule has 0 saturated carbocycles. The molecule has 0 radical (unpaired) electrons. The lowest BCUT2D eigenvalue weighted by molar-refractivity contribution is 0.217. The first-order valence-electron chi connectivity index (χ1n) is 4.42. The summed E-state index contributed by atoms with van der Waals surface area (Å²) in [5, 5.41) is 9.77. The largest absolute Gasteiger partial charge is 0.506 e. The van der Waals surface area contributed by atoms with E-state index in [1.54, 1.807) is 0 Å². The van der Waals surface area contributed by atoms with Gasteiger partial charge in [0, 0.05) is 18.2 Å². The van der Waals surface area contributed by atoms with Gasteiger partial charge in [-0.3, -0.25) is 4.72 Å². The molecular formula is C9H12ClNO4S. The molecule has 0 heterocycles. The van der Waals surface area contributed by atoms with Gasteiger partial charge >= 0.3 is 0 Å². The Bertz CT molecular complexity index is 461. The van der Waals surface area contributed by atoms with Crippen molar-refractivity contribution in [1.82, 2.24) is 0 Å². The summed E-state index contributed by atoms with van der Waals surface area (Å²) in [6.07, 6.45) is 0. The van der Waals surface area contributed by atoms with E-state index in [9.17, 15) is 13.5 Å². The third kappa shape index (κ3) is 3.88. The van der Waals surface area contributed by atoms with Gasteiger partial charge in [-0.15, -0.1) is 0 Å². The average Bonchev–Trinajstić information content (AvgIpc) is 2.19. The molecule has 0 aliphatic rings. The predicted molar refractivity (Wildman–Crippen MR) is 62.4 cm³/mol. The van der Waals surface area contributed by atoms with Crippen LogP contribution in [0.3, 0.4) is 0 Å². The van der Waals surface area contributed by atoms with Gasteiger partial charge in [-0.2, -0.15) is 0 Å². The standard InChI is InChI=1S/C9H12ClNO4S/c1-15-4-5-16(13,14)11-8-3-2-7(10)6-9(8)12/h2-3,6,11-12H,4-5H2,1H3. The van der Waals surface area contributed by atoms with Crippen molar-refractivity contribution < 1.29 is 18.3 Å². The minimum Gasteiger partial charge on any atom is -0.506 e. The van der Waals surface area contributed by atoms with Gasteiger partial charge in [0.25, 0.3) is 0 Å². The van der Waals surface area contributed by atoms with Crippen LogP contribution in [0.1, 0.15) is 0 Å². The van der Waals surface area contributed by atoms with Gasteiger partial charge in [-0.25, -0.2) is 8.42 Å². The Balaban J connectivity index is 2.80. The van der Waals surface area contributed by atoms with Crippen LogP contribution in [0.15, 0.2) is 18.2 Å². The quantitative estimate of drug-likeness (QED) is 0.790. The van der Waals surface area contributed by atoms with E-state index >= 15 is 0 Å². The Labute approximate surface area is 99.0 Å². The minimum atomic E-state index is -3.51. The zero-order chi connectivity index (χ0) is 12.2. The second kappa shape index (κ2) is 5.38. The van der Waals surface area contributed by atoms with E-state index < -0.39 is 10.0 Å². The third-order valence-electron chi connectivity index (χ3n) is 1.78. The molecule has 7 heteroatoms. The number of hydrogen-bond donors (Lipinski definition) is 2. The summed E-state index contributed by atoms with van der Waals surface area (Å²) in [5.74, 6) is -0.389. The highest BCUT2D eigenvalue weighted by atomic mass is 35.5. The molecular weight excluding hydrogens is 254 g/mol. The number of sulfonamides is 1. The molecule has 2 N–H and O–H groups in total. The van der Waals surface area contributed by atoms with E-state index in [2.05, 4.69) is 9.46 Å². The summed E-state index contributed by atoms with van der Waals surface area (Å²) < 4.78 is 29.8. The molecule has 0 aliphatic heterocycles. The number of benzene rings is 1. The van der Waals surface area contributed by atoms with Crippen molar-refractivity contribution in [3.8, 4) is 5.75 Å². The molecule has 0 unspecified atom stereocenters. The average molecular weight is 266 g/mol. The molecule has 0 spiro atoms. The van der Waals surface area contributed by atoms with E-state index in [-0.39, 0.29) is 23.8 Å². The lowest BCUT2D eigenvalue weighted by Gasteiger charge is -2.09. The number of hydrogen-bond acceptors (Lipinski definition) is 4. The number of rotatable bonds is 5. The first-order valence-corrected chi connectivity index (χ1v) is 6.45. The fourth-order valence-corrected chi connectivity index (χ4v) is 2.16.